The molecule has 3 aromatic heterocycles. The zero-order valence-electron chi connectivity index (χ0n) is 27.7. The molecule has 242 valence electrons. The van der Waals surface area contributed by atoms with Gasteiger partial charge in [0.2, 0.25) is 0 Å². The van der Waals surface area contributed by atoms with Crippen molar-refractivity contribution in [1.29, 1.82) is 0 Å². The first-order valence-corrected chi connectivity index (χ1v) is 17.1. The van der Waals surface area contributed by atoms with Gasteiger partial charge in [0.25, 0.3) is 5.91 Å². The second-order valence-corrected chi connectivity index (χ2v) is 15.6. The summed E-state index contributed by atoms with van der Waals surface area (Å²) in [4.78, 5) is 35.2. The first-order valence-electron chi connectivity index (χ1n) is 16.3. The highest BCUT2D eigenvalue weighted by Crippen LogP contribution is 2.43. The monoisotopic (exact) mass is 633 g/mol. The van der Waals surface area contributed by atoms with Gasteiger partial charge >= 0.3 is 6.09 Å². The third kappa shape index (κ3) is 5.99. The Balaban J connectivity index is 1.57. The van der Waals surface area contributed by atoms with Crippen LogP contribution in [0, 0.1) is 12.8 Å². The number of carbonyl (C=O) groups excluding carboxylic acids is 1. The molecule has 1 saturated heterocycles. The number of ether oxygens (including phenoxy) is 1. The highest BCUT2D eigenvalue weighted by atomic mass is 32.1. The normalized spacial score (nSPS) is 17.8. The summed E-state index contributed by atoms with van der Waals surface area (Å²) in [6, 6.07) is 8.29. The van der Waals surface area contributed by atoms with E-state index in [1.807, 2.05) is 23.5 Å². The van der Waals surface area contributed by atoms with Crippen LogP contribution in [0.1, 0.15) is 87.5 Å². The van der Waals surface area contributed by atoms with E-state index in [9.17, 15) is 14.7 Å². The number of likely N-dealkylation sites (tertiary alicyclic amines) is 1. The Morgan fingerprint density at radius 3 is 2.56 bits per heavy atom. The smallest absolute Gasteiger partial charge is 0.404 e. The zero-order chi connectivity index (χ0) is 32.3. The van der Waals surface area contributed by atoms with Crippen LogP contribution < -0.4 is 5.32 Å². The molecular formula is C35H47N5O4S. The molecule has 4 heterocycles. The Kier molecular flexibility index (Phi) is 8.27. The molecule has 1 atom stereocenters. The van der Waals surface area contributed by atoms with Crippen LogP contribution in [0.25, 0.3) is 32.8 Å². The molecule has 0 spiro atoms. The lowest BCUT2D eigenvalue weighted by Crippen LogP contribution is -2.49. The SMILES string of the molecule is CCC(C)(C)n1c(-c2cc3cc(C)sc3n2CC2CC2)nc2cc(C(=O)N3CCC[C@@H](NC(=O)O)C3)cc(C(C)(C)COC)c21. The quantitative estimate of drug-likeness (QED) is 0.190. The Morgan fingerprint density at radius 1 is 1.13 bits per heavy atom. The first kappa shape index (κ1) is 31.6. The van der Waals surface area contributed by atoms with Crippen molar-refractivity contribution in [3.63, 3.8) is 0 Å². The van der Waals surface area contributed by atoms with Crippen LogP contribution in [-0.4, -0.2) is 69.0 Å². The summed E-state index contributed by atoms with van der Waals surface area (Å²) < 4.78 is 10.7. The van der Waals surface area contributed by atoms with E-state index in [-0.39, 0.29) is 17.5 Å². The average molecular weight is 634 g/mol. The number of thiophene rings is 1. The number of methoxy groups -OCH3 is 1. The highest BCUT2D eigenvalue weighted by molar-refractivity contribution is 7.18. The number of benzene rings is 1. The molecule has 2 fully saturated rings. The molecule has 6 rings (SSSR count). The second-order valence-electron chi connectivity index (χ2n) is 14.4. The minimum absolute atomic E-state index is 0.0952. The van der Waals surface area contributed by atoms with E-state index in [2.05, 4.69) is 68.1 Å². The van der Waals surface area contributed by atoms with Crippen molar-refractivity contribution in [1.82, 2.24) is 24.3 Å². The van der Waals surface area contributed by atoms with Gasteiger partial charge in [-0.05, 0) is 88.6 Å². The maximum absolute atomic E-state index is 14.1. The molecule has 45 heavy (non-hydrogen) atoms. The summed E-state index contributed by atoms with van der Waals surface area (Å²) in [6.45, 7) is 15.7. The Labute approximate surface area is 269 Å². The van der Waals surface area contributed by atoms with E-state index in [1.54, 1.807) is 12.0 Å². The Morgan fingerprint density at radius 2 is 1.89 bits per heavy atom. The fourth-order valence-corrected chi connectivity index (χ4v) is 7.95. The molecule has 4 aromatic rings. The lowest BCUT2D eigenvalue weighted by atomic mass is 9.83. The summed E-state index contributed by atoms with van der Waals surface area (Å²) in [5, 5.41) is 13.1. The zero-order valence-corrected chi connectivity index (χ0v) is 28.5. The van der Waals surface area contributed by atoms with E-state index >= 15 is 0 Å². The topological polar surface area (TPSA) is 102 Å². The molecule has 2 aliphatic rings. The van der Waals surface area contributed by atoms with Crippen molar-refractivity contribution in [2.24, 2.45) is 5.92 Å². The van der Waals surface area contributed by atoms with Crippen LogP contribution in [0.2, 0.25) is 0 Å². The molecule has 0 bridgehead atoms. The Hall–Kier alpha value is -3.37. The van der Waals surface area contributed by atoms with Gasteiger partial charge < -0.3 is 29.2 Å². The number of aromatic nitrogens is 3. The van der Waals surface area contributed by atoms with E-state index in [0.29, 0.717) is 31.2 Å². The molecule has 1 aliphatic carbocycles. The molecular weight excluding hydrogens is 586 g/mol. The summed E-state index contributed by atoms with van der Waals surface area (Å²) in [5.74, 6) is 1.53. The number of nitrogens with one attached hydrogen (secondary N) is 1. The molecule has 9 nitrogen and oxygen atoms in total. The van der Waals surface area contributed by atoms with Gasteiger partial charge in [-0.2, -0.15) is 0 Å². The molecule has 10 heteroatoms. The van der Waals surface area contributed by atoms with Gasteiger partial charge in [0.1, 0.15) is 4.83 Å². The number of hydrogen-bond donors (Lipinski definition) is 2. The number of fused-ring (bicyclic) bond motifs is 2. The number of nitrogens with zero attached hydrogens (tertiary/aromatic N) is 4. The fraction of sp³-hybridized carbons (Fsp3) is 0.571. The van der Waals surface area contributed by atoms with Crippen molar-refractivity contribution in [2.45, 2.75) is 97.2 Å². The number of piperidine rings is 1. The summed E-state index contributed by atoms with van der Waals surface area (Å²) in [7, 11) is 1.72. The maximum atomic E-state index is 14.1. The van der Waals surface area contributed by atoms with Gasteiger partial charge in [-0.15, -0.1) is 11.3 Å². The van der Waals surface area contributed by atoms with Crippen molar-refractivity contribution in [2.75, 3.05) is 26.8 Å². The van der Waals surface area contributed by atoms with Crippen LogP contribution in [0.5, 0.6) is 0 Å². The second kappa shape index (κ2) is 11.8. The van der Waals surface area contributed by atoms with Gasteiger partial charge in [0.15, 0.2) is 5.82 Å². The minimum atomic E-state index is -1.06. The number of aryl methyl sites for hydroxylation is 1. The number of hydrogen-bond acceptors (Lipinski definition) is 5. The molecule has 2 N–H and O–H groups in total. The number of carboxylic acid groups (broad SMARTS) is 1. The lowest BCUT2D eigenvalue weighted by Gasteiger charge is -2.34. The van der Waals surface area contributed by atoms with Crippen LogP contribution in [0.3, 0.4) is 0 Å². The van der Waals surface area contributed by atoms with E-state index in [0.717, 1.165) is 53.9 Å². The predicted molar refractivity (Wildman–Crippen MR) is 181 cm³/mol. The van der Waals surface area contributed by atoms with Crippen molar-refractivity contribution < 1.29 is 19.4 Å². The van der Waals surface area contributed by atoms with Crippen molar-refractivity contribution in [3.8, 4) is 11.5 Å². The van der Waals surface area contributed by atoms with Gasteiger partial charge in [0, 0.05) is 59.6 Å². The standard InChI is InChI=1S/C35H47N5O4S/c1-8-35(5,6)40-29-26(34(3,4)20-44-7)15-23(31(41)38-13-9-10-25(19-38)36-33(42)43)16-27(29)37-30(40)28-17-24-14-21(2)45-32(24)39(28)18-22-11-12-22/h14-17,22,25,36H,8-13,18-20H2,1-7H3,(H,42,43)/t25-/m1/s1. The Bertz CT molecular complexity index is 1760. The average Bonchev–Trinajstić information content (AvgIpc) is 3.47. The van der Waals surface area contributed by atoms with Gasteiger partial charge in [0.05, 0.1) is 23.3 Å². The molecule has 0 unspecified atom stereocenters. The number of carbonyl (C=O) groups is 2. The summed E-state index contributed by atoms with van der Waals surface area (Å²) in [6.07, 6.45) is 3.84. The number of amides is 2. The van der Waals surface area contributed by atoms with Crippen LogP contribution in [-0.2, 0) is 22.2 Å². The molecule has 1 aromatic carbocycles. The number of imidazole rings is 1. The molecule has 1 aliphatic heterocycles. The van der Waals surface area contributed by atoms with E-state index in [4.69, 9.17) is 9.72 Å². The molecule has 1 saturated carbocycles. The van der Waals surface area contributed by atoms with Crippen LogP contribution >= 0.6 is 11.3 Å². The van der Waals surface area contributed by atoms with Gasteiger partial charge in [-0.1, -0.05) is 20.8 Å². The largest absolute Gasteiger partial charge is 0.465 e. The first-order chi connectivity index (χ1) is 21.3. The fourth-order valence-electron chi connectivity index (χ4n) is 6.94. The highest BCUT2D eigenvalue weighted by Gasteiger charge is 2.35. The van der Waals surface area contributed by atoms with Crippen LogP contribution in [0.4, 0.5) is 4.79 Å². The van der Waals surface area contributed by atoms with Crippen molar-refractivity contribution in [3.05, 3.63) is 40.3 Å². The van der Waals surface area contributed by atoms with Crippen LogP contribution in [0.15, 0.2) is 24.3 Å². The van der Waals surface area contributed by atoms with E-state index in [1.165, 1.54) is 27.9 Å². The lowest BCUT2D eigenvalue weighted by molar-refractivity contribution is 0.0692. The third-order valence-electron chi connectivity index (χ3n) is 9.80. The van der Waals surface area contributed by atoms with Gasteiger partial charge in [-0.25, -0.2) is 9.78 Å². The summed E-state index contributed by atoms with van der Waals surface area (Å²) in [5.41, 5.74) is 3.90. The van der Waals surface area contributed by atoms with E-state index < -0.39 is 11.5 Å². The van der Waals surface area contributed by atoms with Gasteiger partial charge in [-0.3, -0.25) is 4.79 Å². The molecule has 0 radical (unpaired) electrons. The summed E-state index contributed by atoms with van der Waals surface area (Å²) >= 11 is 1.85. The molecule has 2 amide bonds. The maximum Gasteiger partial charge on any atom is 0.404 e. The predicted octanol–water partition coefficient (Wildman–Crippen LogP) is 7.38. The minimum Gasteiger partial charge on any atom is -0.465 e. The third-order valence-corrected chi connectivity index (χ3v) is 10.9. The number of rotatable bonds is 10. The van der Waals surface area contributed by atoms with Crippen molar-refractivity contribution >= 4 is 44.6 Å².